The number of benzene rings is 2. The first-order chi connectivity index (χ1) is 11.2. The summed E-state index contributed by atoms with van der Waals surface area (Å²) in [4.78, 5) is 19.3. The van der Waals surface area contributed by atoms with Gasteiger partial charge in [-0.25, -0.2) is 4.98 Å². The third-order valence-corrected chi connectivity index (χ3v) is 4.72. The molecule has 0 saturated carbocycles. The molecule has 0 saturated heterocycles. The fourth-order valence-electron chi connectivity index (χ4n) is 2.52. The van der Waals surface area contributed by atoms with Gasteiger partial charge in [0.2, 0.25) is 0 Å². The highest BCUT2D eigenvalue weighted by molar-refractivity contribution is 7.16. The van der Waals surface area contributed by atoms with Crippen LogP contribution in [0.3, 0.4) is 0 Å². The van der Waals surface area contributed by atoms with Crippen LogP contribution < -0.4 is 10.9 Å². The molecule has 4 aromatic rings. The second kappa shape index (κ2) is 5.68. The first-order valence-corrected chi connectivity index (χ1v) is 8.33. The van der Waals surface area contributed by atoms with E-state index in [0.717, 1.165) is 26.8 Å². The number of aromatic nitrogens is 2. The molecule has 2 aromatic heterocycles. The van der Waals surface area contributed by atoms with Crippen LogP contribution in [0.2, 0.25) is 5.02 Å². The second-order valence-corrected chi connectivity index (χ2v) is 6.57. The van der Waals surface area contributed by atoms with Crippen molar-refractivity contribution < 1.29 is 0 Å². The summed E-state index contributed by atoms with van der Waals surface area (Å²) in [5.74, 6) is 0. The van der Waals surface area contributed by atoms with Crippen molar-refractivity contribution in [1.29, 1.82) is 0 Å². The highest BCUT2D eigenvalue weighted by Crippen LogP contribution is 2.22. The minimum Gasteiger partial charge on any atom is -0.381 e. The lowest BCUT2D eigenvalue weighted by Gasteiger charge is -2.07. The van der Waals surface area contributed by atoms with Gasteiger partial charge < -0.3 is 10.3 Å². The average molecular weight is 342 g/mol. The number of hydrogen-bond acceptors (Lipinski definition) is 4. The summed E-state index contributed by atoms with van der Waals surface area (Å²) >= 11 is 7.61. The lowest BCUT2D eigenvalue weighted by atomic mass is 10.1. The summed E-state index contributed by atoms with van der Waals surface area (Å²) < 4.78 is 1.12. The summed E-state index contributed by atoms with van der Waals surface area (Å²) in [6, 6.07) is 13.3. The Bertz CT molecular complexity index is 1070. The molecule has 0 radical (unpaired) electrons. The molecular weight excluding hydrogens is 330 g/mol. The van der Waals surface area contributed by atoms with Crippen molar-refractivity contribution >= 4 is 49.7 Å². The van der Waals surface area contributed by atoms with Crippen LogP contribution in [0.15, 0.2) is 52.8 Å². The van der Waals surface area contributed by atoms with Crippen LogP contribution >= 0.6 is 22.9 Å². The minimum absolute atomic E-state index is 0.0915. The maximum atomic E-state index is 12.2. The molecule has 0 aliphatic rings. The quantitative estimate of drug-likeness (QED) is 0.580. The number of fused-ring (bicyclic) bond motifs is 2. The van der Waals surface area contributed by atoms with Crippen LogP contribution in [0, 0.1) is 0 Å². The SMILES string of the molecule is O=c1[nH]c2ccc(Cl)cc2cc1CNc1ccc2ncsc2c1. The molecule has 0 aliphatic carbocycles. The van der Waals surface area contributed by atoms with Crippen LogP contribution in [0.1, 0.15) is 5.56 Å². The van der Waals surface area contributed by atoms with Gasteiger partial charge in [-0.3, -0.25) is 4.79 Å². The van der Waals surface area contributed by atoms with Gasteiger partial charge in [0.25, 0.3) is 5.56 Å². The van der Waals surface area contributed by atoms with Crippen molar-refractivity contribution in [3.63, 3.8) is 0 Å². The van der Waals surface area contributed by atoms with E-state index in [4.69, 9.17) is 11.6 Å². The van der Waals surface area contributed by atoms with E-state index in [9.17, 15) is 4.79 Å². The Balaban J connectivity index is 1.63. The topological polar surface area (TPSA) is 57.8 Å². The second-order valence-electron chi connectivity index (χ2n) is 5.24. The van der Waals surface area contributed by atoms with Gasteiger partial charge in [0, 0.05) is 33.7 Å². The van der Waals surface area contributed by atoms with E-state index in [0.29, 0.717) is 17.1 Å². The average Bonchev–Trinajstić information content (AvgIpc) is 3.01. The Kier molecular flexibility index (Phi) is 3.52. The summed E-state index contributed by atoms with van der Waals surface area (Å²) in [5, 5.41) is 4.86. The molecule has 114 valence electrons. The van der Waals surface area contributed by atoms with E-state index in [2.05, 4.69) is 15.3 Å². The number of aromatic amines is 1. The molecule has 0 bridgehead atoms. The van der Waals surface area contributed by atoms with Crippen LogP contribution in [-0.4, -0.2) is 9.97 Å². The highest BCUT2D eigenvalue weighted by atomic mass is 35.5. The molecule has 4 nitrogen and oxygen atoms in total. The lowest BCUT2D eigenvalue weighted by Crippen LogP contribution is -2.15. The van der Waals surface area contributed by atoms with Crippen molar-refractivity contribution in [3.05, 3.63) is 68.9 Å². The summed E-state index contributed by atoms with van der Waals surface area (Å²) in [7, 11) is 0. The van der Waals surface area contributed by atoms with E-state index in [1.807, 2.05) is 41.9 Å². The highest BCUT2D eigenvalue weighted by Gasteiger charge is 2.05. The molecule has 0 atom stereocenters. The van der Waals surface area contributed by atoms with E-state index in [-0.39, 0.29) is 5.56 Å². The largest absolute Gasteiger partial charge is 0.381 e. The van der Waals surface area contributed by atoms with Gasteiger partial charge in [-0.05, 0) is 42.5 Å². The predicted octanol–water partition coefficient (Wildman–Crippen LogP) is 4.40. The van der Waals surface area contributed by atoms with Crippen LogP contribution in [0.4, 0.5) is 5.69 Å². The normalized spacial score (nSPS) is 11.2. The number of halogens is 1. The van der Waals surface area contributed by atoms with Crippen LogP contribution in [0.25, 0.3) is 21.1 Å². The Morgan fingerprint density at radius 2 is 2.09 bits per heavy atom. The number of pyridine rings is 1. The molecule has 2 N–H and O–H groups in total. The Hall–Kier alpha value is -2.37. The number of thiazole rings is 1. The van der Waals surface area contributed by atoms with Gasteiger partial charge >= 0.3 is 0 Å². The number of hydrogen-bond donors (Lipinski definition) is 2. The molecule has 6 heteroatoms. The van der Waals surface area contributed by atoms with Gasteiger partial charge in [0.05, 0.1) is 15.7 Å². The molecule has 0 fully saturated rings. The third kappa shape index (κ3) is 2.81. The number of rotatable bonds is 3. The fraction of sp³-hybridized carbons (Fsp3) is 0.0588. The van der Waals surface area contributed by atoms with Crippen molar-refractivity contribution in [2.75, 3.05) is 5.32 Å². The summed E-state index contributed by atoms with van der Waals surface area (Å²) in [6.07, 6.45) is 0. The molecule has 2 aromatic carbocycles. The standard InChI is InChI=1S/C17H12ClN3OS/c18-12-1-3-14-10(6-12)5-11(17(22)21-14)8-19-13-2-4-15-16(7-13)23-9-20-15/h1-7,9,19H,8H2,(H,21,22). The maximum Gasteiger partial charge on any atom is 0.253 e. The number of H-pyrrole nitrogens is 1. The molecule has 0 amide bonds. The molecule has 23 heavy (non-hydrogen) atoms. The van der Waals surface area contributed by atoms with Crippen molar-refractivity contribution in [3.8, 4) is 0 Å². The van der Waals surface area contributed by atoms with Gasteiger partial charge in [-0.2, -0.15) is 0 Å². The van der Waals surface area contributed by atoms with Gasteiger partial charge in [0.15, 0.2) is 0 Å². The van der Waals surface area contributed by atoms with Crippen LogP contribution in [0.5, 0.6) is 0 Å². The summed E-state index contributed by atoms with van der Waals surface area (Å²) in [5.41, 5.74) is 5.14. The Morgan fingerprint density at radius 3 is 3.00 bits per heavy atom. The van der Waals surface area contributed by atoms with E-state index in [1.165, 1.54) is 0 Å². The van der Waals surface area contributed by atoms with Crippen molar-refractivity contribution in [1.82, 2.24) is 9.97 Å². The monoisotopic (exact) mass is 341 g/mol. The van der Waals surface area contributed by atoms with Crippen LogP contribution in [-0.2, 0) is 6.54 Å². The van der Waals surface area contributed by atoms with Gasteiger partial charge in [-0.1, -0.05) is 11.6 Å². The van der Waals surface area contributed by atoms with Gasteiger partial charge in [-0.15, -0.1) is 11.3 Å². The third-order valence-electron chi connectivity index (χ3n) is 3.70. The molecule has 4 rings (SSSR count). The van der Waals surface area contributed by atoms with E-state index >= 15 is 0 Å². The van der Waals surface area contributed by atoms with Crippen molar-refractivity contribution in [2.24, 2.45) is 0 Å². The Morgan fingerprint density at radius 1 is 1.17 bits per heavy atom. The molecule has 0 aliphatic heterocycles. The van der Waals surface area contributed by atoms with E-state index in [1.54, 1.807) is 17.4 Å². The molecular formula is C17H12ClN3OS. The predicted molar refractivity (Wildman–Crippen MR) is 96.5 cm³/mol. The first-order valence-electron chi connectivity index (χ1n) is 7.08. The van der Waals surface area contributed by atoms with E-state index < -0.39 is 0 Å². The Labute approximate surface area is 140 Å². The smallest absolute Gasteiger partial charge is 0.253 e. The number of anilines is 1. The number of nitrogens with one attached hydrogen (secondary N) is 2. The van der Waals surface area contributed by atoms with Gasteiger partial charge in [0.1, 0.15) is 0 Å². The fourth-order valence-corrected chi connectivity index (χ4v) is 3.41. The molecule has 2 heterocycles. The zero-order valence-corrected chi connectivity index (χ0v) is 13.5. The maximum absolute atomic E-state index is 12.2. The lowest BCUT2D eigenvalue weighted by molar-refractivity contribution is 1.09. The minimum atomic E-state index is -0.0915. The molecule has 0 spiro atoms. The zero-order chi connectivity index (χ0) is 15.8. The first kappa shape index (κ1) is 14.2. The summed E-state index contributed by atoms with van der Waals surface area (Å²) in [6.45, 7) is 0.447. The van der Waals surface area contributed by atoms with Crippen molar-refractivity contribution in [2.45, 2.75) is 6.54 Å². The number of nitrogens with zero attached hydrogens (tertiary/aromatic N) is 1. The molecule has 0 unspecified atom stereocenters. The zero-order valence-electron chi connectivity index (χ0n) is 12.0.